The van der Waals surface area contributed by atoms with Crippen LogP contribution in [0.4, 0.5) is 5.69 Å². The van der Waals surface area contributed by atoms with E-state index in [2.05, 4.69) is 31.5 Å². The van der Waals surface area contributed by atoms with Gasteiger partial charge in [0.1, 0.15) is 6.04 Å². The van der Waals surface area contributed by atoms with E-state index >= 15 is 0 Å². The van der Waals surface area contributed by atoms with Gasteiger partial charge in [-0.25, -0.2) is 4.79 Å². The molecular weight excluding hydrogens is 533 g/mol. The van der Waals surface area contributed by atoms with Crippen molar-refractivity contribution in [1.29, 1.82) is 0 Å². The lowest BCUT2D eigenvalue weighted by Crippen LogP contribution is -2.51. The number of allylic oxidation sites excluding steroid dienone is 4. The van der Waals surface area contributed by atoms with Crippen molar-refractivity contribution in [2.45, 2.75) is 25.3 Å². The summed E-state index contributed by atoms with van der Waals surface area (Å²) < 4.78 is 0.406. The molecule has 170 valence electrons. The quantitative estimate of drug-likeness (QED) is 0.429. The van der Waals surface area contributed by atoms with Gasteiger partial charge in [0.2, 0.25) is 0 Å². The van der Waals surface area contributed by atoms with E-state index in [1.807, 2.05) is 12.2 Å². The Morgan fingerprint density at radius 2 is 1.73 bits per heavy atom. The van der Waals surface area contributed by atoms with Crippen molar-refractivity contribution in [3.8, 4) is 0 Å². The van der Waals surface area contributed by atoms with Crippen LogP contribution >= 0.6 is 39.1 Å². The van der Waals surface area contributed by atoms with Gasteiger partial charge < -0.3 is 15.7 Å². The molecule has 0 aliphatic heterocycles. The first-order valence-corrected chi connectivity index (χ1v) is 11.6. The van der Waals surface area contributed by atoms with E-state index in [4.69, 9.17) is 23.2 Å². The van der Waals surface area contributed by atoms with Gasteiger partial charge in [0.05, 0.1) is 25.5 Å². The minimum absolute atomic E-state index is 0.00589. The Morgan fingerprint density at radius 1 is 1.12 bits per heavy atom. The van der Waals surface area contributed by atoms with Gasteiger partial charge in [0.15, 0.2) is 5.78 Å². The summed E-state index contributed by atoms with van der Waals surface area (Å²) in [5.41, 5.74) is 1.33. The summed E-state index contributed by atoms with van der Waals surface area (Å²) in [6.45, 7) is 0. The molecule has 0 fully saturated rings. The van der Waals surface area contributed by atoms with Gasteiger partial charge in [-0.3, -0.25) is 14.6 Å². The minimum Gasteiger partial charge on any atom is -0.480 e. The second kappa shape index (κ2) is 9.29. The highest BCUT2D eigenvalue weighted by Gasteiger charge is 2.53. The number of anilines is 1. The second-order valence-corrected chi connectivity index (χ2v) is 9.46. The number of halogens is 3. The predicted octanol–water partition coefficient (Wildman–Crippen LogP) is 4.75. The highest BCUT2D eigenvalue weighted by molar-refractivity contribution is 9.12. The van der Waals surface area contributed by atoms with Gasteiger partial charge in [-0.15, -0.1) is 0 Å². The molecular formula is C23H18BrCl2N3O4. The summed E-state index contributed by atoms with van der Waals surface area (Å²) in [5, 5.41) is 15.8. The molecule has 7 nitrogen and oxygen atoms in total. The number of benzene rings is 1. The number of Topliss-reactive ketones (excluding diaryl/α,β-unsaturated/α-hetero) is 1. The van der Waals surface area contributed by atoms with Crippen LogP contribution in [0.15, 0.2) is 59.0 Å². The number of carbonyl (C=O) groups is 3. The average Bonchev–Trinajstić information content (AvgIpc) is 3.29. The van der Waals surface area contributed by atoms with Crippen LogP contribution in [0.25, 0.3) is 0 Å². The van der Waals surface area contributed by atoms with E-state index in [1.54, 1.807) is 24.3 Å². The molecule has 2 aliphatic carbocycles. The number of ketones is 1. The molecule has 10 heteroatoms. The number of amides is 1. The molecule has 3 N–H and O–H groups in total. The number of pyridine rings is 1. The maximum Gasteiger partial charge on any atom is 0.326 e. The van der Waals surface area contributed by atoms with Crippen molar-refractivity contribution in [3.63, 3.8) is 0 Å². The molecule has 2 aliphatic rings. The van der Waals surface area contributed by atoms with Crippen molar-refractivity contribution >= 4 is 62.5 Å². The van der Waals surface area contributed by atoms with Gasteiger partial charge in [0, 0.05) is 30.2 Å². The number of carbonyl (C=O) groups excluding carboxylic acids is 2. The zero-order valence-electron chi connectivity index (χ0n) is 17.1. The van der Waals surface area contributed by atoms with E-state index in [-0.39, 0.29) is 27.8 Å². The first-order chi connectivity index (χ1) is 15.7. The fourth-order valence-electron chi connectivity index (χ4n) is 3.98. The maximum absolute atomic E-state index is 12.5. The van der Waals surface area contributed by atoms with Crippen LogP contribution in [-0.2, 0) is 16.0 Å². The first-order valence-electron chi connectivity index (χ1n) is 10.0. The Kier molecular flexibility index (Phi) is 6.61. The molecule has 1 atom stereocenters. The van der Waals surface area contributed by atoms with Gasteiger partial charge in [-0.2, -0.15) is 0 Å². The Morgan fingerprint density at radius 3 is 2.30 bits per heavy atom. The van der Waals surface area contributed by atoms with E-state index in [1.165, 1.54) is 12.4 Å². The second-order valence-electron chi connectivity index (χ2n) is 7.85. The highest BCUT2D eigenvalue weighted by Crippen LogP contribution is 2.52. The van der Waals surface area contributed by atoms with Crippen molar-refractivity contribution < 1.29 is 19.5 Å². The van der Waals surface area contributed by atoms with Gasteiger partial charge in [-0.1, -0.05) is 47.5 Å². The Balaban J connectivity index is 1.44. The summed E-state index contributed by atoms with van der Waals surface area (Å²) in [4.78, 5) is 40.6. The summed E-state index contributed by atoms with van der Waals surface area (Å²) in [7, 11) is 0. The molecule has 1 aromatic heterocycles. The lowest BCUT2D eigenvalue weighted by atomic mass is 9.69. The van der Waals surface area contributed by atoms with E-state index in [9.17, 15) is 19.5 Å². The molecule has 4 rings (SSSR count). The number of hydrogen-bond acceptors (Lipinski definition) is 5. The predicted molar refractivity (Wildman–Crippen MR) is 129 cm³/mol. The fraction of sp³-hybridized carbons (Fsp3) is 0.217. The summed E-state index contributed by atoms with van der Waals surface area (Å²) in [6, 6.07) is 5.86. The number of aliphatic carboxylic acids is 1. The van der Waals surface area contributed by atoms with E-state index < -0.39 is 23.3 Å². The van der Waals surface area contributed by atoms with Crippen LogP contribution in [0, 0.1) is 5.41 Å². The largest absolute Gasteiger partial charge is 0.480 e. The van der Waals surface area contributed by atoms with Crippen LogP contribution in [-0.4, -0.2) is 33.8 Å². The molecule has 0 bridgehead atoms. The third kappa shape index (κ3) is 4.43. The number of nitrogens with one attached hydrogen (secondary N) is 2. The minimum atomic E-state index is -1.03. The van der Waals surface area contributed by atoms with Crippen LogP contribution in [0.3, 0.4) is 0 Å². The third-order valence-corrected chi connectivity index (χ3v) is 7.11. The smallest absolute Gasteiger partial charge is 0.326 e. The summed E-state index contributed by atoms with van der Waals surface area (Å²) >= 11 is 15.3. The van der Waals surface area contributed by atoms with Gasteiger partial charge in [0.25, 0.3) is 5.91 Å². The molecule has 0 radical (unpaired) electrons. The number of rotatable bonds is 7. The van der Waals surface area contributed by atoms with Gasteiger partial charge >= 0.3 is 5.97 Å². The molecule has 0 saturated carbocycles. The molecule has 1 spiro atoms. The fourth-order valence-corrected chi connectivity index (χ4v) is 5.39. The molecule has 0 saturated heterocycles. The Labute approximate surface area is 208 Å². The van der Waals surface area contributed by atoms with Crippen LogP contribution in [0.1, 0.15) is 28.8 Å². The summed E-state index contributed by atoms with van der Waals surface area (Å²) in [6.07, 6.45) is 7.86. The van der Waals surface area contributed by atoms with Crippen LogP contribution in [0.2, 0.25) is 10.0 Å². The van der Waals surface area contributed by atoms with Crippen molar-refractivity contribution in [2.24, 2.45) is 5.41 Å². The van der Waals surface area contributed by atoms with E-state index in [0.717, 1.165) is 5.56 Å². The first kappa shape index (κ1) is 23.5. The molecule has 33 heavy (non-hydrogen) atoms. The molecule has 1 heterocycles. The molecule has 1 amide bonds. The number of nitrogens with zero attached hydrogens (tertiary/aromatic N) is 1. The highest BCUT2D eigenvalue weighted by atomic mass is 79.9. The number of carboxylic acids is 1. The third-order valence-electron chi connectivity index (χ3n) is 5.78. The zero-order valence-corrected chi connectivity index (χ0v) is 20.2. The Bertz CT molecular complexity index is 1180. The SMILES string of the molecule is O=C(Nc1ccc(CC(NC2=C(Br)C(=O)C23CC=CC3)C(=O)O)cc1)c1c(Cl)cncc1Cl. The number of hydrogen-bond donors (Lipinski definition) is 3. The molecule has 1 unspecified atom stereocenters. The normalized spacial score (nSPS) is 17.1. The van der Waals surface area contributed by atoms with Crippen molar-refractivity contribution in [2.75, 3.05) is 5.32 Å². The number of carboxylic acid groups (broad SMARTS) is 1. The summed E-state index contributed by atoms with van der Waals surface area (Å²) in [5.74, 6) is -1.51. The standard InChI is InChI=1S/C23H18BrCl2N3O4/c24-18-19(23(20(18)30)7-1-2-8-23)29-16(22(32)33)9-12-3-5-13(6-4-12)28-21(31)17-14(25)10-27-11-15(17)26/h1-6,10-11,16,29H,7-9H2,(H,28,31)(H,32,33). The molecule has 2 aromatic rings. The Hall–Kier alpha value is -2.68. The monoisotopic (exact) mass is 549 g/mol. The number of aromatic nitrogens is 1. The van der Waals surface area contributed by atoms with Crippen LogP contribution in [0.5, 0.6) is 0 Å². The van der Waals surface area contributed by atoms with Gasteiger partial charge in [-0.05, 0) is 46.5 Å². The lowest BCUT2D eigenvalue weighted by molar-refractivity contribution is -0.139. The van der Waals surface area contributed by atoms with Crippen molar-refractivity contribution in [1.82, 2.24) is 10.3 Å². The topological polar surface area (TPSA) is 108 Å². The molecule has 1 aromatic carbocycles. The van der Waals surface area contributed by atoms with Crippen LogP contribution < -0.4 is 10.6 Å². The van der Waals surface area contributed by atoms with E-state index in [0.29, 0.717) is 28.7 Å². The van der Waals surface area contributed by atoms with Crippen molar-refractivity contribution in [3.05, 3.63) is 80.2 Å². The lowest BCUT2D eigenvalue weighted by Gasteiger charge is -2.41. The maximum atomic E-state index is 12.5. The average molecular weight is 551 g/mol. The zero-order chi connectivity index (χ0) is 23.8.